The molecule has 6 nitrogen and oxygen atoms in total. The van der Waals surface area contributed by atoms with Crippen LogP contribution in [-0.2, 0) is 6.54 Å². The van der Waals surface area contributed by atoms with Crippen molar-refractivity contribution in [2.75, 3.05) is 6.26 Å². The summed E-state index contributed by atoms with van der Waals surface area (Å²) in [7, 11) is 0. The normalized spacial score (nSPS) is 11.2. The van der Waals surface area contributed by atoms with Crippen molar-refractivity contribution in [1.82, 2.24) is 19.1 Å². The molecule has 0 N–H and O–H groups in total. The average Bonchev–Trinajstić information content (AvgIpc) is 3.08. The highest BCUT2D eigenvalue weighted by atomic mass is 35.5. The van der Waals surface area contributed by atoms with Crippen molar-refractivity contribution in [3.63, 3.8) is 0 Å². The third kappa shape index (κ3) is 3.43. The Kier molecular flexibility index (Phi) is 4.86. The van der Waals surface area contributed by atoms with Crippen LogP contribution in [0.4, 0.5) is 0 Å². The molecule has 0 saturated carbocycles. The summed E-state index contributed by atoms with van der Waals surface area (Å²) < 4.78 is 3.29. The fraction of sp³-hybridized carbons (Fsp3) is 0.111. The van der Waals surface area contributed by atoms with E-state index in [4.69, 9.17) is 11.6 Å². The van der Waals surface area contributed by atoms with Crippen LogP contribution in [0.3, 0.4) is 0 Å². The van der Waals surface area contributed by atoms with Gasteiger partial charge < -0.3 is 4.57 Å². The zero-order valence-electron chi connectivity index (χ0n) is 14.1. The second-order valence-corrected chi connectivity index (χ2v) is 8.26. The van der Waals surface area contributed by atoms with Gasteiger partial charge in [0.05, 0.1) is 17.8 Å². The summed E-state index contributed by atoms with van der Waals surface area (Å²) in [6.45, 7) is 0.431. The summed E-state index contributed by atoms with van der Waals surface area (Å²) in [4.78, 5) is 35.8. The molecule has 0 aliphatic carbocycles. The number of thiazole rings is 1. The third-order valence-corrected chi connectivity index (χ3v) is 5.89. The Balaban J connectivity index is 1.85. The Labute approximate surface area is 167 Å². The third-order valence-electron chi connectivity index (χ3n) is 4.05. The first-order valence-electron chi connectivity index (χ1n) is 7.93. The lowest BCUT2D eigenvalue weighted by Gasteiger charge is -2.14. The van der Waals surface area contributed by atoms with E-state index >= 15 is 0 Å². The standard InChI is InChI=1S/C18H13ClN4O2S2/c1-26-12-6-4-11(5-7-12)23-16(24)14-3-2-8-22(15(14)21-18(23)25)10-13-9-20-17(19)27-13/h2-9H,10H2,1H3. The highest BCUT2D eigenvalue weighted by Crippen LogP contribution is 2.22. The van der Waals surface area contributed by atoms with Gasteiger partial charge in [-0.2, -0.15) is 4.98 Å². The van der Waals surface area contributed by atoms with Crippen LogP contribution in [-0.4, -0.2) is 25.4 Å². The maximum atomic E-state index is 13.0. The molecule has 3 heterocycles. The van der Waals surface area contributed by atoms with Crippen LogP contribution in [0, 0.1) is 0 Å². The molecule has 0 radical (unpaired) electrons. The summed E-state index contributed by atoms with van der Waals surface area (Å²) >= 11 is 8.82. The van der Waals surface area contributed by atoms with Crippen LogP contribution in [0.5, 0.6) is 0 Å². The Morgan fingerprint density at radius 2 is 1.96 bits per heavy atom. The maximum Gasteiger partial charge on any atom is 0.357 e. The van der Waals surface area contributed by atoms with Crippen LogP contribution >= 0.6 is 34.7 Å². The zero-order chi connectivity index (χ0) is 19.0. The van der Waals surface area contributed by atoms with E-state index in [0.717, 1.165) is 14.3 Å². The Hall–Kier alpha value is -2.42. The van der Waals surface area contributed by atoms with Crippen molar-refractivity contribution in [3.8, 4) is 17.1 Å². The molecule has 9 heteroatoms. The number of nitrogens with zero attached hydrogens (tertiary/aromatic N) is 4. The minimum atomic E-state index is -0.605. The lowest BCUT2D eigenvalue weighted by atomic mass is 10.2. The Morgan fingerprint density at radius 3 is 2.63 bits per heavy atom. The lowest BCUT2D eigenvalue weighted by Crippen LogP contribution is -2.36. The van der Waals surface area contributed by atoms with E-state index in [2.05, 4.69) is 9.97 Å². The van der Waals surface area contributed by atoms with Gasteiger partial charge in [-0.1, -0.05) is 11.6 Å². The molecule has 1 aromatic carbocycles. The molecule has 0 saturated heterocycles. The molecule has 0 spiro atoms. The largest absolute Gasteiger partial charge is 0.357 e. The van der Waals surface area contributed by atoms with Gasteiger partial charge in [-0.15, -0.1) is 23.1 Å². The number of hydrogen-bond acceptors (Lipinski definition) is 6. The number of fused-ring (bicyclic) bond motifs is 1. The molecule has 0 fully saturated rings. The van der Waals surface area contributed by atoms with Gasteiger partial charge in [0.15, 0.2) is 10.3 Å². The van der Waals surface area contributed by atoms with Gasteiger partial charge in [0.2, 0.25) is 0 Å². The number of benzene rings is 1. The average molecular weight is 417 g/mol. The molecule has 1 aromatic heterocycles. The fourth-order valence-corrected chi connectivity index (χ4v) is 4.18. The van der Waals surface area contributed by atoms with Crippen LogP contribution in [0.25, 0.3) is 17.1 Å². The first-order chi connectivity index (χ1) is 13.1. The molecule has 2 aliphatic heterocycles. The number of pyridine rings is 1. The predicted octanol–water partition coefficient (Wildman–Crippen LogP) is 3.38. The molecule has 0 atom stereocenters. The fourth-order valence-electron chi connectivity index (χ4n) is 2.79. The highest BCUT2D eigenvalue weighted by Gasteiger charge is 2.18. The Bertz CT molecular complexity index is 1200. The second kappa shape index (κ2) is 7.30. The number of rotatable bonds is 4. The van der Waals surface area contributed by atoms with Crippen LogP contribution in [0.1, 0.15) is 4.88 Å². The van der Waals surface area contributed by atoms with Gasteiger partial charge >= 0.3 is 5.69 Å². The maximum absolute atomic E-state index is 13.0. The van der Waals surface area contributed by atoms with Gasteiger partial charge in [0.25, 0.3) is 5.56 Å². The summed E-state index contributed by atoms with van der Waals surface area (Å²) in [5.41, 5.74) is -0.117. The number of thioether (sulfide) groups is 1. The van der Waals surface area contributed by atoms with Crippen LogP contribution < -0.4 is 11.2 Å². The molecule has 0 amide bonds. The lowest BCUT2D eigenvalue weighted by molar-refractivity contribution is 0.759. The second-order valence-electron chi connectivity index (χ2n) is 5.69. The van der Waals surface area contributed by atoms with Crippen LogP contribution in [0.15, 0.2) is 63.3 Å². The topological polar surface area (TPSA) is 69.8 Å². The number of halogens is 1. The van der Waals surface area contributed by atoms with Crippen molar-refractivity contribution >= 4 is 34.7 Å². The van der Waals surface area contributed by atoms with Gasteiger partial charge in [0.1, 0.15) is 0 Å². The molecule has 0 bridgehead atoms. The van der Waals surface area contributed by atoms with Crippen molar-refractivity contribution < 1.29 is 0 Å². The summed E-state index contributed by atoms with van der Waals surface area (Å²) in [6.07, 6.45) is 5.41. The van der Waals surface area contributed by atoms with Crippen molar-refractivity contribution in [2.45, 2.75) is 11.4 Å². The van der Waals surface area contributed by atoms with Gasteiger partial charge in [-0.3, -0.25) is 4.79 Å². The first-order valence-corrected chi connectivity index (χ1v) is 10.4. The molecule has 4 rings (SSSR count). The van der Waals surface area contributed by atoms with Crippen molar-refractivity contribution in [3.05, 3.63) is 79.0 Å². The van der Waals surface area contributed by atoms with Crippen LogP contribution in [0.2, 0.25) is 4.47 Å². The first kappa shape index (κ1) is 18.0. The monoisotopic (exact) mass is 416 g/mol. The molecule has 27 heavy (non-hydrogen) atoms. The van der Waals surface area contributed by atoms with Gasteiger partial charge in [-0.05, 0) is 42.7 Å². The molecular weight excluding hydrogens is 404 g/mol. The Morgan fingerprint density at radius 1 is 1.19 bits per heavy atom. The highest BCUT2D eigenvalue weighted by molar-refractivity contribution is 7.98. The van der Waals surface area contributed by atoms with Gasteiger partial charge in [0, 0.05) is 22.2 Å². The van der Waals surface area contributed by atoms with E-state index in [1.165, 1.54) is 11.3 Å². The van der Waals surface area contributed by atoms with Crippen molar-refractivity contribution in [1.29, 1.82) is 0 Å². The summed E-state index contributed by atoms with van der Waals surface area (Å²) in [6, 6.07) is 10.7. The predicted molar refractivity (Wildman–Crippen MR) is 109 cm³/mol. The van der Waals surface area contributed by atoms with E-state index in [0.29, 0.717) is 28.1 Å². The minimum Gasteiger partial charge on any atom is -0.327 e. The molecule has 2 aromatic rings. The van der Waals surface area contributed by atoms with E-state index in [9.17, 15) is 9.59 Å². The van der Waals surface area contributed by atoms with E-state index in [1.54, 1.807) is 53.0 Å². The smallest absolute Gasteiger partial charge is 0.327 e. The van der Waals surface area contributed by atoms with E-state index in [-0.39, 0.29) is 0 Å². The van der Waals surface area contributed by atoms with E-state index in [1.807, 2.05) is 18.4 Å². The SMILES string of the molecule is CSc1ccc(-n2c(=O)nc3n(Cc4cnc(Cl)s4)cccc-3c2=O)cc1. The summed E-state index contributed by atoms with van der Waals surface area (Å²) in [5, 5.41) is 0. The molecule has 0 unspecified atom stereocenters. The number of aromatic nitrogens is 4. The minimum absolute atomic E-state index is 0.342. The van der Waals surface area contributed by atoms with Gasteiger partial charge in [-0.25, -0.2) is 14.3 Å². The quantitative estimate of drug-likeness (QED) is 0.477. The molecular formula is C18H13ClN4O2S2. The molecule has 2 aliphatic rings. The summed E-state index contributed by atoms with van der Waals surface area (Å²) in [5.74, 6) is 0.342. The van der Waals surface area contributed by atoms with E-state index < -0.39 is 11.2 Å². The molecule has 136 valence electrons. The zero-order valence-corrected chi connectivity index (χ0v) is 16.5. The van der Waals surface area contributed by atoms with Crippen molar-refractivity contribution in [2.24, 2.45) is 0 Å². The number of hydrogen-bond donors (Lipinski definition) is 0.